The van der Waals surface area contributed by atoms with Crippen LogP contribution in [0.15, 0.2) is 85.1 Å². The number of nitrogens with zero attached hydrogens (tertiary/aromatic N) is 4. The molecule has 0 fully saturated rings. The number of benzene rings is 4. The third kappa shape index (κ3) is 5.15. The fourth-order valence-corrected chi connectivity index (χ4v) is 4.76. The lowest BCUT2D eigenvalue weighted by atomic mass is 10.0. The van der Waals surface area contributed by atoms with Crippen LogP contribution in [0.5, 0.6) is 11.5 Å². The zero-order valence-corrected chi connectivity index (χ0v) is 22.9. The first-order valence-corrected chi connectivity index (χ1v) is 13.4. The zero-order chi connectivity index (χ0) is 29.2. The van der Waals surface area contributed by atoms with E-state index in [2.05, 4.69) is 10.4 Å². The lowest BCUT2D eigenvalue weighted by molar-refractivity contribution is -0.251. The number of anilines is 2. The lowest BCUT2D eigenvalue weighted by Gasteiger charge is -2.15. The van der Waals surface area contributed by atoms with Crippen LogP contribution < -0.4 is 19.9 Å². The molecule has 6 rings (SSSR count). The van der Waals surface area contributed by atoms with Crippen molar-refractivity contribution in [2.75, 3.05) is 24.9 Å². The van der Waals surface area contributed by atoms with Crippen molar-refractivity contribution < 1.29 is 23.8 Å². The molecule has 1 N–H and O–H groups in total. The van der Waals surface area contributed by atoms with Crippen LogP contribution in [0.1, 0.15) is 0 Å². The number of halogens is 2. The standard InChI is InChI=1S/C31H23ClFN5O4/c1-41-27-16-25-23(15-28(27)42-12-11-32)30(35-21-8-10-26-20(13-21)17-34-38(26)31(39)40)37-29(36-25)19-7-9-22(24(33)14-19)18-5-3-2-4-6-18/h2-10,13-17H,11-12H2,1H3,(H,39,40)(H,35,36,37)/p-1. The first-order chi connectivity index (χ1) is 20.4. The normalized spacial score (nSPS) is 11.1. The maximum Gasteiger partial charge on any atom is 0.164 e. The summed E-state index contributed by atoms with van der Waals surface area (Å²) in [6, 6.07) is 22.7. The second-order valence-electron chi connectivity index (χ2n) is 9.24. The minimum Gasteiger partial charge on any atom is -0.528 e. The molecule has 0 bridgehead atoms. The van der Waals surface area contributed by atoms with Gasteiger partial charge in [-0.15, -0.1) is 11.6 Å². The van der Waals surface area contributed by atoms with Gasteiger partial charge in [0.15, 0.2) is 23.4 Å². The molecule has 2 heterocycles. The number of nitrogens with one attached hydrogen (secondary N) is 1. The summed E-state index contributed by atoms with van der Waals surface area (Å²) in [6.07, 6.45) is 0.000864. The molecule has 0 saturated heterocycles. The van der Waals surface area contributed by atoms with E-state index in [1.165, 1.54) is 19.4 Å². The van der Waals surface area contributed by atoms with Gasteiger partial charge in [-0.25, -0.2) is 19.0 Å². The molecule has 9 nitrogen and oxygen atoms in total. The van der Waals surface area contributed by atoms with Crippen molar-refractivity contribution in [2.24, 2.45) is 0 Å². The van der Waals surface area contributed by atoms with Crippen molar-refractivity contribution in [1.29, 1.82) is 0 Å². The highest BCUT2D eigenvalue weighted by atomic mass is 35.5. The van der Waals surface area contributed by atoms with E-state index in [4.69, 9.17) is 31.0 Å². The molecule has 0 amide bonds. The van der Waals surface area contributed by atoms with E-state index in [1.54, 1.807) is 42.5 Å². The third-order valence-electron chi connectivity index (χ3n) is 6.63. The summed E-state index contributed by atoms with van der Waals surface area (Å²) in [5.74, 6) is 1.47. The molecular weight excluding hydrogens is 561 g/mol. The number of carboxylic acid groups (broad SMARTS) is 1. The highest BCUT2D eigenvalue weighted by Crippen LogP contribution is 2.37. The Morgan fingerprint density at radius 1 is 1.00 bits per heavy atom. The number of carbonyl (C=O) groups is 1. The molecule has 2 aromatic heterocycles. The maximum atomic E-state index is 15.3. The van der Waals surface area contributed by atoms with Crippen LogP contribution in [0.25, 0.3) is 44.3 Å². The summed E-state index contributed by atoms with van der Waals surface area (Å²) < 4.78 is 27.4. The topological polar surface area (TPSA) is 114 Å². The van der Waals surface area contributed by atoms with Gasteiger partial charge in [-0.05, 0) is 35.9 Å². The molecule has 4 aromatic carbocycles. The van der Waals surface area contributed by atoms with Gasteiger partial charge >= 0.3 is 0 Å². The molecular formula is C31H22ClFN5O4-. The minimum absolute atomic E-state index is 0.261. The van der Waals surface area contributed by atoms with Gasteiger partial charge in [0.05, 0.1) is 30.2 Å². The Morgan fingerprint density at radius 3 is 2.57 bits per heavy atom. The van der Waals surface area contributed by atoms with E-state index < -0.39 is 11.9 Å². The van der Waals surface area contributed by atoms with Crippen molar-refractivity contribution in [3.05, 3.63) is 90.9 Å². The molecule has 6 aromatic rings. The van der Waals surface area contributed by atoms with E-state index in [1.807, 2.05) is 30.3 Å². The zero-order valence-electron chi connectivity index (χ0n) is 22.2. The summed E-state index contributed by atoms with van der Waals surface area (Å²) in [4.78, 5) is 20.8. The number of hydrogen-bond acceptors (Lipinski definition) is 8. The van der Waals surface area contributed by atoms with Crippen LogP contribution in [-0.4, -0.2) is 45.4 Å². The van der Waals surface area contributed by atoms with Crippen LogP contribution in [0.4, 0.5) is 20.7 Å². The largest absolute Gasteiger partial charge is 0.528 e. The fraction of sp³-hybridized carbons (Fsp3) is 0.0968. The van der Waals surface area contributed by atoms with Gasteiger partial charge in [-0.1, -0.05) is 42.5 Å². The number of hydrogen-bond donors (Lipinski definition) is 1. The molecule has 0 aliphatic heterocycles. The smallest absolute Gasteiger partial charge is 0.164 e. The van der Waals surface area contributed by atoms with Gasteiger partial charge in [-0.3, -0.25) is 0 Å². The summed E-state index contributed by atoms with van der Waals surface area (Å²) in [5, 5.41) is 19.7. The van der Waals surface area contributed by atoms with E-state index >= 15 is 4.39 Å². The molecule has 42 heavy (non-hydrogen) atoms. The predicted molar refractivity (Wildman–Crippen MR) is 157 cm³/mol. The lowest BCUT2D eigenvalue weighted by Crippen LogP contribution is -2.29. The van der Waals surface area contributed by atoms with Crippen molar-refractivity contribution in [3.8, 4) is 34.0 Å². The van der Waals surface area contributed by atoms with Crippen molar-refractivity contribution >= 4 is 51.0 Å². The van der Waals surface area contributed by atoms with Gasteiger partial charge in [-0.2, -0.15) is 5.10 Å². The molecule has 0 aliphatic rings. The number of rotatable bonds is 8. The molecule has 11 heteroatoms. The first-order valence-electron chi connectivity index (χ1n) is 12.8. The number of fused-ring (bicyclic) bond motifs is 2. The van der Waals surface area contributed by atoms with Crippen molar-refractivity contribution in [1.82, 2.24) is 19.7 Å². The number of ether oxygens (including phenoxy) is 2. The maximum absolute atomic E-state index is 15.3. The van der Waals surface area contributed by atoms with E-state index in [-0.39, 0.29) is 18.3 Å². The predicted octanol–water partition coefficient (Wildman–Crippen LogP) is 6.01. The Kier molecular flexibility index (Phi) is 7.28. The second-order valence-corrected chi connectivity index (χ2v) is 9.61. The highest BCUT2D eigenvalue weighted by molar-refractivity contribution is 6.18. The van der Waals surface area contributed by atoms with Gasteiger partial charge in [0.25, 0.3) is 0 Å². The molecule has 0 aliphatic carbocycles. The van der Waals surface area contributed by atoms with Crippen molar-refractivity contribution in [2.45, 2.75) is 0 Å². The number of carbonyl (C=O) groups excluding carboxylic acids is 1. The number of aromatic nitrogens is 4. The third-order valence-corrected chi connectivity index (χ3v) is 6.79. The van der Waals surface area contributed by atoms with Gasteiger partial charge < -0.3 is 24.7 Å². The van der Waals surface area contributed by atoms with Gasteiger partial charge in [0.2, 0.25) is 0 Å². The van der Waals surface area contributed by atoms with Crippen LogP contribution >= 0.6 is 11.6 Å². The highest BCUT2D eigenvalue weighted by Gasteiger charge is 2.17. The molecule has 0 radical (unpaired) electrons. The van der Waals surface area contributed by atoms with Crippen molar-refractivity contribution in [3.63, 3.8) is 0 Å². The Hall–Kier alpha value is -5.22. The van der Waals surface area contributed by atoms with Gasteiger partial charge in [0.1, 0.15) is 18.2 Å². The van der Waals surface area contributed by atoms with E-state index in [0.29, 0.717) is 55.9 Å². The SMILES string of the molecule is COc1cc2nc(-c3ccc(-c4ccccc4)c(F)c3)nc(Nc3ccc4c(cnn4C(=O)[O-])c3)c2cc1OCCCl. The Bertz CT molecular complexity index is 1950. The minimum atomic E-state index is -1.43. The van der Waals surface area contributed by atoms with E-state index in [0.717, 1.165) is 10.2 Å². The fourth-order valence-electron chi connectivity index (χ4n) is 4.68. The molecule has 0 spiro atoms. The molecule has 0 saturated carbocycles. The number of alkyl halides is 1. The molecule has 210 valence electrons. The Labute approximate surface area is 244 Å². The summed E-state index contributed by atoms with van der Waals surface area (Å²) in [6.45, 7) is 0.261. The Morgan fingerprint density at radius 2 is 1.83 bits per heavy atom. The molecule has 0 unspecified atom stereocenters. The van der Waals surface area contributed by atoms with Crippen LogP contribution in [0.3, 0.4) is 0 Å². The number of methoxy groups -OCH3 is 1. The Balaban J connectivity index is 1.48. The first kappa shape index (κ1) is 27.0. The quantitative estimate of drug-likeness (QED) is 0.217. The average Bonchev–Trinajstić information content (AvgIpc) is 3.43. The summed E-state index contributed by atoms with van der Waals surface area (Å²) in [7, 11) is 1.52. The van der Waals surface area contributed by atoms with Crippen LogP contribution in [-0.2, 0) is 0 Å². The second kappa shape index (κ2) is 11.3. The summed E-state index contributed by atoms with van der Waals surface area (Å²) in [5.41, 5.74) is 3.21. The average molecular weight is 583 g/mol. The summed E-state index contributed by atoms with van der Waals surface area (Å²) >= 11 is 5.84. The van der Waals surface area contributed by atoms with Crippen LogP contribution in [0, 0.1) is 5.82 Å². The van der Waals surface area contributed by atoms with Gasteiger partial charge in [0, 0.05) is 33.7 Å². The monoisotopic (exact) mass is 582 g/mol. The van der Waals surface area contributed by atoms with E-state index in [9.17, 15) is 9.90 Å². The van der Waals surface area contributed by atoms with Crippen LogP contribution in [0.2, 0.25) is 0 Å². The molecule has 0 atom stereocenters.